The van der Waals surface area contributed by atoms with Crippen LogP contribution in [0.1, 0.15) is 35.6 Å². The lowest BCUT2D eigenvalue weighted by molar-refractivity contribution is 0.183. The summed E-state index contributed by atoms with van der Waals surface area (Å²) in [5, 5.41) is 3.07. The van der Waals surface area contributed by atoms with Gasteiger partial charge in [-0.1, -0.05) is 24.3 Å². The fourth-order valence-electron chi connectivity index (χ4n) is 3.73. The highest BCUT2D eigenvalue weighted by Crippen LogP contribution is 2.38. The maximum Gasteiger partial charge on any atom is 0.318 e. The molecule has 2 aromatic rings. The van der Waals surface area contributed by atoms with Crippen molar-refractivity contribution in [3.63, 3.8) is 0 Å². The molecule has 28 heavy (non-hydrogen) atoms. The molecule has 6 nitrogen and oxygen atoms in total. The van der Waals surface area contributed by atoms with Crippen LogP contribution in [-0.4, -0.2) is 38.8 Å². The van der Waals surface area contributed by atoms with Crippen molar-refractivity contribution in [1.82, 2.24) is 10.2 Å². The SMILES string of the molecule is COCc1ccccc1CNC(=O)N1CCCC1c1ccc(OC)cc1OC. The molecular weight excluding hydrogens is 356 g/mol. The predicted octanol–water partition coefficient (Wildman–Crippen LogP) is 3.90. The van der Waals surface area contributed by atoms with E-state index in [1.165, 1.54) is 0 Å². The van der Waals surface area contributed by atoms with Gasteiger partial charge in [-0.05, 0) is 36.1 Å². The van der Waals surface area contributed by atoms with Crippen molar-refractivity contribution in [2.24, 2.45) is 0 Å². The van der Waals surface area contributed by atoms with Gasteiger partial charge in [0.15, 0.2) is 0 Å². The first-order valence-corrected chi connectivity index (χ1v) is 9.50. The van der Waals surface area contributed by atoms with Crippen molar-refractivity contribution < 1.29 is 19.0 Å². The van der Waals surface area contributed by atoms with Crippen LogP contribution >= 0.6 is 0 Å². The topological polar surface area (TPSA) is 60.0 Å². The number of rotatable bonds is 7. The number of amides is 2. The second-order valence-electron chi connectivity index (χ2n) is 6.82. The molecule has 0 saturated carbocycles. The minimum absolute atomic E-state index is 0.00456. The van der Waals surface area contributed by atoms with E-state index in [1.54, 1.807) is 21.3 Å². The third-order valence-electron chi connectivity index (χ3n) is 5.16. The first-order valence-electron chi connectivity index (χ1n) is 9.50. The van der Waals surface area contributed by atoms with E-state index in [-0.39, 0.29) is 12.1 Å². The van der Waals surface area contributed by atoms with Crippen LogP contribution in [0.2, 0.25) is 0 Å². The molecule has 1 aliphatic rings. The van der Waals surface area contributed by atoms with E-state index >= 15 is 0 Å². The van der Waals surface area contributed by atoms with Gasteiger partial charge in [-0.2, -0.15) is 0 Å². The monoisotopic (exact) mass is 384 g/mol. The quantitative estimate of drug-likeness (QED) is 0.787. The molecule has 2 amide bonds. The van der Waals surface area contributed by atoms with Gasteiger partial charge in [-0.15, -0.1) is 0 Å². The van der Waals surface area contributed by atoms with Crippen LogP contribution in [0.3, 0.4) is 0 Å². The molecule has 1 atom stereocenters. The van der Waals surface area contributed by atoms with Crippen molar-refractivity contribution in [3.05, 3.63) is 59.2 Å². The van der Waals surface area contributed by atoms with Crippen molar-refractivity contribution >= 4 is 6.03 Å². The molecule has 1 N–H and O–H groups in total. The molecule has 2 aromatic carbocycles. The number of carbonyl (C=O) groups excluding carboxylic acids is 1. The molecule has 1 aliphatic heterocycles. The van der Waals surface area contributed by atoms with Crippen LogP contribution in [0.4, 0.5) is 4.79 Å². The molecule has 6 heteroatoms. The summed E-state index contributed by atoms with van der Waals surface area (Å²) in [6.45, 7) is 1.73. The molecule has 150 valence electrons. The number of methoxy groups -OCH3 is 3. The van der Waals surface area contributed by atoms with Gasteiger partial charge in [0.2, 0.25) is 0 Å². The molecule has 1 fully saturated rings. The number of hydrogen-bond donors (Lipinski definition) is 1. The molecule has 0 spiro atoms. The van der Waals surface area contributed by atoms with Gasteiger partial charge in [0, 0.05) is 31.8 Å². The second-order valence-corrected chi connectivity index (χ2v) is 6.82. The van der Waals surface area contributed by atoms with Gasteiger partial charge in [0.1, 0.15) is 11.5 Å². The summed E-state index contributed by atoms with van der Waals surface area (Å²) in [6.07, 6.45) is 1.88. The Hall–Kier alpha value is -2.73. The molecular formula is C22H28N2O4. The lowest BCUT2D eigenvalue weighted by Gasteiger charge is -2.27. The number of nitrogens with one attached hydrogen (secondary N) is 1. The zero-order chi connectivity index (χ0) is 19.9. The summed E-state index contributed by atoms with van der Waals surface area (Å²) in [4.78, 5) is 14.8. The maximum atomic E-state index is 12.9. The molecule has 1 saturated heterocycles. The van der Waals surface area contributed by atoms with Crippen LogP contribution in [0.25, 0.3) is 0 Å². The average molecular weight is 384 g/mol. The highest BCUT2D eigenvalue weighted by Gasteiger charge is 2.32. The first kappa shape index (κ1) is 20.0. The van der Waals surface area contributed by atoms with Crippen LogP contribution in [0.5, 0.6) is 11.5 Å². The lowest BCUT2D eigenvalue weighted by atomic mass is 10.0. The van der Waals surface area contributed by atoms with Crippen LogP contribution in [-0.2, 0) is 17.9 Å². The summed E-state index contributed by atoms with van der Waals surface area (Å²) >= 11 is 0. The van der Waals surface area contributed by atoms with Gasteiger partial charge < -0.3 is 24.4 Å². The molecule has 0 radical (unpaired) electrons. The molecule has 0 aromatic heterocycles. The van der Waals surface area contributed by atoms with E-state index in [0.717, 1.165) is 47.6 Å². The number of likely N-dealkylation sites (tertiary alicyclic amines) is 1. The number of benzene rings is 2. The van der Waals surface area contributed by atoms with Crippen molar-refractivity contribution in [2.45, 2.75) is 32.0 Å². The number of carbonyl (C=O) groups is 1. The fraction of sp³-hybridized carbons (Fsp3) is 0.409. The summed E-state index contributed by atoms with van der Waals surface area (Å²) < 4.78 is 16.1. The summed E-state index contributed by atoms with van der Waals surface area (Å²) in [5.74, 6) is 1.49. The number of nitrogens with zero attached hydrogens (tertiary/aromatic N) is 1. The molecule has 0 bridgehead atoms. The first-order chi connectivity index (χ1) is 13.7. The number of urea groups is 1. The molecule has 0 aliphatic carbocycles. The predicted molar refractivity (Wildman–Crippen MR) is 108 cm³/mol. The molecule has 3 rings (SSSR count). The third kappa shape index (κ3) is 4.39. The Bertz CT molecular complexity index is 809. The zero-order valence-electron chi connectivity index (χ0n) is 16.7. The maximum absolute atomic E-state index is 12.9. The summed E-state index contributed by atoms with van der Waals surface area (Å²) in [7, 11) is 4.95. The van der Waals surface area contributed by atoms with Crippen molar-refractivity contribution in [3.8, 4) is 11.5 Å². The van der Waals surface area contributed by atoms with E-state index in [2.05, 4.69) is 5.32 Å². The van der Waals surface area contributed by atoms with Crippen LogP contribution in [0, 0.1) is 0 Å². The van der Waals surface area contributed by atoms with Gasteiger partial charge in [0.05, 0.1) is 26.9 Å². The van der Waals surface area contributed by atoms with Crippen molar-refractivity contribution in [2.75, 3.05) is 27.9 Å². The Balaban J connectivity index is 1.72. The normalized spacial score (nSPS) is 16.1. The van der Waals surface area contributed by atoms with Crippen molar-refractivity contribution in [1.29, 1.82) is 0 Å². The summed E-state index contributed by atoms with van der Waals surface area (Å²) in [6, 6.07) is 13.7. The Morgan fingerprint density at radius 3 is 2.61 bits per heavy atom. The van der Waals surface area contributed by atoms with Gasteiger partial charge >= 0.3 is 6.03 Å². The van der Waals surface area contributed by atoms with Crippen LogP contribution in [0.15, 0.2) is 42.5 Å². The number of ether oxygens (including phenoxy) is 3. The lowest BCUT2D eigenvalue weighted by Crippen LogP contribution is -2.39. The van der Waals surface area contributed by atoms with E-state index in [9.17, 15) is 4.79 Å². The number of hydrogen-bond acceptors (Lipinski definition) is 4. The van der Waals surface area contributed by atoms with E-state index in [0.29, 0.717) is 13.2 Å². The minimum Gasteiger partial charge on any atom is -0.497 e. The third-order valence-corrected chi connectivity index (χ3v) is 5.16. The van der Waals surface area contributed by atoms with Gasteiger partial charge in [-0.3, -0.25) is 0 Å². The van der Waals surface area contributed by atoms with Gasteiger partial charge in [0.25, 0.3) is 0 Å². The second kappa shape index (κ2) is 9.46. The van der Waals surface area contributed by atoms with Gasteiger partial charge in [-0.25, -0.2) is 4.79 Å². The summed E-state index contributed by atoms with van der Waals surface area (Å²) in [5.41, 5.74) is 3.16. The fourth-order valence-corrected chi connectivity index (χ4v) is 3.73. The molecule has 1 unspecified atom stereocenters. The Morgan fingerprint density at radius 2 is 1.89 bits per heavy atom. The Kier molecular flexibility index (Phi) is 6.76. The standard InChI is InChI=1S/C22H28N2O4/c1-26-15-17-8-5-4-7-16(17)14-23-22(25)24-12-6-9-20(24)19-11-10-18(27-2)13-21(19)28-3/h4-5,7-8,10-11,13,20H,6,9,12,14-15H2,1-3H3,(H,23,25). The zero-order valence-corrected chi connectivity index (χ0v) is 16.7. The molecule has 1 heterocycles. The highest BCUT2D eigenvalue weighted by molar-refractivity contribution is 5.75. The average Bonchev–Trinajstić information content (AvgIpc) is 3.22. The van der Waals surface area contributed by atoms with E-state index in [4.69, 9.17) is 14.2 Å². The van der Waals surface area contributed by atoms with E-state index in [1.807, 2.05) is 47.4 Å². The minimum atomic E-state index is -0.0624. The Labute approximate surface area is 166 Å². The highest BCUT2D eigenvalue weighted by atomic mass is 16.5. The smallest absolute Gasteiger partial charge is 0.318 e. The van der Waals surface area contributed by atoms with E-state index < -0.39 is 0 Å². The Morgan fingerprint density at radius 1 is 1.11 bits per heavy atom. The largest absolute Gasteiger partial charge is 0.497 e. The van der Waals surface area contributed by atoms with Crippen LogP contribution < -0.4 is 14.8 Å².